The zero-order chi connectivity index (χ0) is 11.1. The van der Waals surface area contributed by atoms with E-state index in [1.54, 1.807) is 6.07 Å². The molecule has 15 heavy (non-hydrogen) atoms. The van der Waals surface area contributed by atoms with Gasteiger partial charge in [-0.3, -0.25) is 0 Å². The van der Waals surface area contributed by atoms with Crippen LogP contribution in [0.15, 0.2) is 18.2 Å². The van der Waals surface area contributed by atoms with Gasteiger partial charge in [-0.1, -0.05) is 0 Å². The first-order chi connectivity index (χ1) is 6.98. The molecule has 1 heterocycles. The lowest BCUT2D eigenvalue weighted by molar-refractivity contribution is 0.504. The fourth-order valence-electron chi connectivity index (χ4n) is 2.00. The number of halogens is 1. The van der Waals surface area contributed by atoms with Gasteiger partial charge in [0.1, 0.15) is 5.82 Å². The average molecular weight is 208 g/mol. The van der Waals surface area contributed by atoms with Crippen molar-refractivity contribution in [3.63, 3.8) is 0 Å². The highest BCUT2D eigenvalue weighted by atomic mass is 19.1. The quantitative estimate of drug-likeness (QED) is 0.705. The van der Waals surface area contributed by atoms with Crippen molar-refractivity contribution in [2.75, 3.05) is 23.3 Å². The summed E-state index contributed by atoms with van der Waals surface area (Å²) in [4.78, 5) is 2.30. The van der Waals surface area contributed by atoms with E-state index >= 15 is 0 Å². The minimum Gasteiger partial charge on any atom is -0.382 e. The van der Waals surface area contributed by atoms with Crippen molar-refractivity contribution in [3.8, 4) is 0 Å². The van der Waals surface area contributed by atoms with E-state index in [1.807, 2.05) is 6.07 Å². The molecule has 2 rings (SSSR count). The molecule has 0 bridgehead atoms. The highest BCUT2D eigenvalue weighted by Gasteiger charge is 2.26. The number of fused-ring (bicyclic) bond motifs is 1. The molecule has 2 nitrogen and oxygen atoms in total. The summed E-state index contributed by atoms with van der Waals surface area (Å²) < 4.78 is 13.1. The van der Waals surface area contributed by atoms with Crippen LogP contribution in [0, 0.1) is 5.82 Å². The lowest BCUT2D eigenvalue weighted by Crippen LogP contribution is -2.46. The van der Waals surface area contributed by atoms with Crippen molar-refractivity contribution in [3.05, 3.63) is 24.0 Å². The fourth-order valence-corrected chi connectivity index (χ4v) is 2.00. The van der Waals surface area contributed by atoms with Gasteiger partial charge in [-0.2, -0.15) is 0 Å². The zero-order valence-corrected chi connectivity index (χ0v) is 9.47. The van der Waals surface area contributed by atoms with E-state index in [0.29, 0.717) is 0 Å². The topological polar surface area (TPSA) is 15.3 Å². The second-order valence-corrected chi connectivity index (χ2v) is 4.91. The van der Waals surface area contributed by atoms with Gasteiger partial charge in [-0.25, -0.2) is 4.39 Å². The first-order valence-electron chi connectivity index (χ1n) is 5.29. The predicted molar refractivity (Wildman–Crippen MR) is 62.0 cm³/mol. The smallest absolute Gasteiger partial charge is 0.125 e. The predicted octanol–water partition coefficient (Wildman–Crippen LogP) is 2.86. The van der Waals surface area contributed by atoms with Gasteiger partial charge in [0, 0.05) is 18.6 Å². The third-order valence-corrected chi connectivity index (χ3v) is 2.71. The number of benzene rings is 1. The maximum absolute atomic E-state index is 13.1. The van der Waals surface area contributed by atoms with Crippen LogP contribution in [-0.2, 0) is 0 Å². The Labute approximate surface area is 90.1 Å². The highest BCUT2D eigenvalue weighted by Crippen LogP contribution is 2.33. The molecule has 0 unspecified atom stereocenters. The van der Waals surface area contributed by atoms with E-state index in [9.17, 15) is 4.39 Å². The van der Waals surface area contributed by atoms with Crippen LogP contribution < -0.4 is 10.2 Å². The molecule has 1 aromatic carbocycles. The summed E-state index contributed by atoms with van der Waals surface area (Å²) in [5.41, 5.74) is 2.07. The molecule has 82 valence electrons. The molecule has 0 fully saturated rings. The lowest BCUT2D eigenvalue weighted by atomic mass is 10.0. The monoisotopic (exact) mass is 208 g/mol. The number of nitrogens with zero attached hydrogens (tertiary/aromatic N) is 1. The average Bonchev–Trinajstić information content (AvgIpc) is 2.15. The molecule has 1 aliphatic rings. The minimum absolute atomic E-state index is 0.0781. The minimum atomic E-state index is -0.183. The molecule has 0 saturated heterocycles. The van der Waals surface area contributed by atoms with Crippen molar-refractivity contribution < 1.29 is 4.39 Å². The Hall–Kier alpha value is -1.25. The van der Waals surface area contributed by atoms with Crippen molar-refractivity contribution in [1.82, 2.24) is 0 Å². The van der Waals surface area contributed by atoms with Gasteiger partial charge in [0.05, 0.1) is 11.4 Å². The molecule has 1 aromatic rings. The lowest BCUT2D eigenvalue weighted by Gasteiger charge is -2.41. The number of anilines is 2. The largest absolute Gasteiger partial charge is 0.382 e. The molecule has 0 amide bonds. The van der Waals surface area contributed by atoms with Gasteiger partial charge >= 0.3 is 0 Å². The summed E-state index contributed by atoms with van der Waals surface area (Å²) in [5.74, 6) is -0.183. The summed E-state index contributed by atoms with van der Waals surface area (Å²) in [6.45, 7) is 8.35. The van der Waals surface area contributed by atoms with Crippen LogP contribution in [0.4, 0.5) is 15.8 Å². The second kappa shape index (κ2) is 3.40. The first-order valence-corrected chi connectivity index (χ1v) is 5.29. The Kier molecular flexibility index (Phi) is 2.33. The van der Waals surface area contributed by atoms with Crippen LogP contribution in [0.1, 0.15) is 20.8 Å². The molecular formula is C12H17FN2. The number of rotatable bonds is 0. The Morgan fingerprint density at radius 3 is 2.73 bits per heavy atom. The molecule has 0 radical (unpaired) electrons. The normalized spacial score (nSPS) is 15.9. The molecule has 1 aliphatic heterocycles. The Morgan fingerprint density at radius 1 is 1.33 bits per heavy atom. The molecule has 3 heteroatoms. The van der Waals surface area contributed by atoms with Gasteiger partial charge in [-0.05, 0) is 39.0 Å². The van der Waals surface area contributed by atoms with Crippen molar-refractivity contribution in [2.45, 2.75) is 26.3 Å². The second-order valence-electron chi connectivity index (χ2n) is 4.91. The molecule has 0 spiro atoms. The molecule has 0 atom stereocenters. The summed E-state index contributed by atoms with van der Waals surface area (Å²) in [7, 11) is 0. The van der Waals surface area contributed by atoms with Gasteiger partial charge < -0.3 is 10.2 Å². The van der Waals surface area contributed by atoms with Crippen LogP contribution in [0.3, 0.4) is 0 Å². The Balaban J connectivity index is 2.43. The maximum atomic E-state index is 13.1. The van der Waals surface area contributed by atoms with Gasteiger partial charge in [0.2, 0.25) is 0 Å². The van der Waals surface area contributed by atoms with E-state index in [1.165, 1.54) is 6.07 Å². The highest BCUT2D eigenvalue weighted by molar-refractivity contribution is 5.73. The first kappa shape index (κ1) is 10.3. The SMILES string of the molecule is CC(C)(C)N1CCNc2cc(F)ccc21. The van der Waals surface area contributed by atoms with E-state index < -0.39 is 0 Å². The Bertz CT molecular complexity index is 368. The van der Waals surface area contributed by atoms with E-state index in [2.05, 4.69) is 31.0 Å². The van der Waals surface area contributed by atoms with Crippen LogP contribution in [0.5, 0.6) is 0 Å². The molecular weight excluding hydrogens is 191 g/mol. The fraction of sp³-hybridized carbons (Fsp3) is 0.500. The standard InChI is InChI=1S/C12H17FN2/c1-12(2,3)15-7-6-14-10-8-9(13)4-5-11(10)15/h4-5,8,14H,6-7H2,1-3H3. The van der Waals surface area contributed by atoms with Crippen LogP contribution in [-0.4, -0.2) is 18.6 Å². The van der Waals surface area contributed by atoms with Crippen molar-refractivity contribution >= 4 is 11.4 Å². The molecule has 1 N–H and O–H groups in total. The molecule has 0 saturated carbocycles. The number of nitrogens with one attached hydrogen (secondary N) is 1. The van der Waals surface area contributed by atoms with E-state index in [0.717, 1.165) is 24.5 Å². The summed E-state index contributed by atoms with van der Waals surface area (Å²) in [6.07, 6.45) is 0. The number of hydrogen-bond acceptors (Lipinski definition) is 2. The third kappa shape index (κ3) is 1.91. The number of hydrogen-bond donors (Lipinski definition) is 1. The van der Waals surface area contributed by atoms with Crippen LogP contribution >= 0.6 is 0 Å². The third-order valence-electron chi connectivity index (χ3n) is 2.71. The van der Waals surface area contributed by atoms with E-state index in [4.69, 9.17) is 0 Å². The maximum Gasteiger partial charge on any atom is 0.125 e. The van der Waals surface area contributed by atoms with Crippen molar-refractivity contribution in [1.29, 1.82) is 0 Å². The Morgan fingerprint density at radius 2 is 2.07 bits per heavy atom. The van der Waals surface area contributed by atoms with Gasteiger partial charge in [0.15, 0.2) is 0 Å². The zero-order valence-electron chi connectivity index (χ0n) is 9.47. The summed E-state index contributed by atoms with van der Waals surface area (Å²) in [6, 6.07) is 4.93. The van der Waals surface area contributed by atoms with Gasteiger partial charge in [0.25, 0.3) is 0 Å². The summed E-state index contributed by atoms with van der Waals surface area (Å²) in [5, 5.41) is 3.22. The van der Waals surface area contributed by atoms with Gasteiger partial charge in [-0.15, -0.1) is 0 Å². The molecule has 0 aromatic heterocycles. The van der Waals surface area contributed by atoms with Crippen LogP contribution in [0.25, 0.3) is 0 Å². The van der Waals surface area contributed by atoms with Crippen molar-refractivity contribution in [2.24, 2.45) is 0 Å². The summed E-state index contributed by atoms with van der Waals surface area (Å²) >= 11 is 0. The van der Waals surface area contributed by atoms with E-state index in [-0.39, 0.29) is 11.4 Å². The van der Waals surface area contributed by atoms with Crippen LogP contribution in [0.2, 0.25) is 0 Å². The molecule has 0 aliphatic carbocycles.